The van der Waals surface area contributed by atoms with Gasteiger partial charge in [0.1, 0.15) is 10.8 Å². The van der Waals surface area contributed by atoms with E-state index in [9.17, 15) is 9.59 Å². The highest BCUT2D eigenvalue weighted by Crippen LogP contribution is 2.40. The van der Waals surface area contributed by atoms with Crippen molar-refractivity contribution in [2.24, 2.45) is 0 Å². The zero-order chi connectivity index (χ0) is 21.1. The zero-order valence-electron chi connectivity index (χ0n) is 16.1. The molecule has 0 fully saturated rings. The summed E-state index contributed by atoms with van der Waals surface area (Å²) < 4.78 is 5.12. The fourth-order valence-electron chi connectivity index (χ4n) is 3.16. The number of pyridine rings is 1. The number of rotatable bonds is 5. The Morgan fingerprint density at radius 2 is 2.03 bits per heavy atom. The number of hydrogen-bond acceptors (Lipinski definition) is 5. The summed E-state index contributed by atoms with van der Waals surface area (Å²) in [7, 11) is 1.53. The molecule has 3 aromatic rings. The Labute approximate surface area is 183 Å². The van der Waals surface area contributed by atoms with Gasteiger partial charge >= 0.3 is 0 Å². The number of carbonyl (C=O) groups excluding carboxylic acids is 2. The molecule has 1 aromatic heterocycles. The maximum atomic E-state index is 13.2. The monoisotopic (exact) mass is 439 g/mol. The highest BCUT2D eigenvalue weighted by atomic mass is 35.5. The van der Waals surface area contributed by atoms with E-state index in [2.05, 4.69) is 10.3 Å². The van der Waals surface area contributed by atoms with Crippen LogP contribution in [0.4, 0.5) is 11.4 Å². The van der Waals surface area contributed by atoms with Gasteiger partial charge in [0.2, 0.25) is 5.91 Å². The average molecular weight is 440 g/mol. The Morgan fingerprint density at radius 3 is 2.83 bits per heavy atom. The molecule has 0 saturated carbocycles. The van der Waals surface area contributed by atoms with E-state index in [1.54, 1.807) is 41.4 Å². The topological polar surface area (TPSA) is 71.5 Å². The summed E-state index contributed by atoms with van der Waals surface area (Å²) in [4.78, 5) is 32.6. The molecule has 30 heavy (non-hydrogen) atoms. The molecule has 6 nitrogen and oxygen atoms in total. The minimum absolute atomic E-state index is 0.129. The second kappa shape index (κ2) is 8.77. The lowest BCUT2D eigenvalue weighted by atomic mass is 10.2. The van der Waals surface area contributed by atoms with E-state index in [1.807, 2.05) is 24.3 Å². The third-order valence-electron chi connectivity index (χ3n) is 4.61. The number of nitrogens with zero attached hydrogens (tertiary/aromatic N) is 2. The van der Waals surface area contributed by atoms with Crippen LogP contribution in [0.5, 0.6) is 5.75 Å². The zero-order valence-corrected chi connectivity index (χ0v) is 17.7. The number of aromatic nitrogens is 1. The molecule has 0 aliphatic carbocycles. The van der Waals surface area contributed by atoms with Gasteiger partial charge < -0.3 is 15.0 Å². The molecule has 1 aliphatic heterocycles. The fraction of sp³-hybridized carbons (Fsp3) is 0.136. The number of anilines is 2. The molecule has 0 atom stereocenters. The first-order valence-corrected chi connectivity index (χ1v) is 10.4. The summed E-state index contributed by atoms with van der Waals surface area (Å²) in [5.74, 6) is 0.145. The van der Waals surface area contributed by atoms with Crippen LogP contribution in [0.15, 0.2) is 70.7 Å². The first-order valence-electron chi connectivity index (χ1n) is 9.24. The molecule has 0 bridgehead atoms. The molecule has 4 rings (SSSR count). The third-order valence-corrected chi connectivity index (χ3v) is 5.99. The maximum Gasteiger partial charge on any atom is 0.261 e. The Balaban J connectivity index is 1.52. The van der Waals surface area contributed by atoms with Gasteiger partial charge in [-0.3, -0.25) is 9.59 Å². The number of para-hydroxylation sites is 1. The largest absolute Gasteiger partial charge is 0.495 e. The number of benzene rings is 2. The van der Waals surface area contributed by atoms with Gasteiger partial charge in [0, 0.05) is 29.7 Å². The van der Waals surface area contributed by atoms with Crippen LogP contribution in [0, 0.1) is 0 Å². The predicted octanol–water partition coefficient (Wildman–Crippen LogP) is 4.88. The number of carbonyl (C=O) groups is 2. The summed E-state index contributed by atoms with van der Waals surface area (Å²) in [5, 5.41) is 3.88. The Hall–Kier alpha value is -3.03. The first-order chi connectivity index (χ1) is 14.6. The van der Waals surface area contributed by atoms with Crippen LogP contribution in [-0.2, 0) is 4.79 Å². The van der Waals surface area contributed by atoms with Crippen molar-refractivity contribution < 1.29 is 14.3 Å². The first kappa shape index (κ1) is 20.3. The van der Waals surface area contributed by atoms with Crippen molar-refractivity contribution in [1.29, 1.82) is 0 Å². The number of fused-ring (bicyclic) bond motifs is 2. The molecular formula is C22H18ClN3O3S. The number of nitrogens with one attached hydrogen (secondary N) is 1. The van der Waals surface area contributed by atoms with Crippen molar-refractivity contribution in [1.82, 2.24) is 4.98 Å². The van der Waals surface area contributed by atoms with Crippen LogP contribution >= 0.6 is 23.4 Å². The lowest BCUT2D eigenvalue weighted by Gasteiger charge is -2.22. The molecule has 2 heterocycles. The molecule has 152 valence electrons. The number of halogens is 1. The summed E-state index contributed by atoms with van der Waals surface area (Å²) in [6, 6.07) is 16.2. The molecule has 0 unspecified atom stereocenters. The average Bonchev–Trinajstić information content (AvgIpc) is 2.86. The van der Waals surface area contributed by atoms with E-state index in [4.69, 9.17) is 16.3 Å². The van der Waals surface area contributed by atoms with Crippen molar-refractivity contribution >= 4 is 46.6 Å². The van der Waals surface area contributed by atoms with Gasteiger partial charge in [-0.2, -0.15) is 0 Å². The van der Waals surface area contributed by atoms with Gasteiger partial charge in [0.15, 0.2) is 0 Å². The number of methoxy groups -OCH3 is 1. The lowest BCUT2D eigenvalue weighted by Crippen LogP contribution is -2.34. The van der Waals surface area contributed by atoms with Gasteiger partial charge in [-0.25, -0.2) is 4.98 Å². The minimum atomic E-state index is -0.218. The van der Waals surface area contributed by atoms with Gasteiger partial charge in [-0.1, -0.05) is 35.5 Å². The lowest BCUT2D eigenvalue weighted by molar-refractivity contribution is -0.116. The van der Waals surface area contributed by atoms with Crippen LogP contribution in [0.1, 0.15) is 16.8 Å². The highest BCUT2D eigenvalue weighted by molar-refractivity contribution is 7.99. The standard InChI is InChI=1S/C22H18ClN3O3S/c1-29-18-9-8-14(13-16(18)23)25-20(27)10-12-26-17-6-2-3-7-19(17)30-21-15(22(26)28)5-4-11-24-21/h2-9,11,13H,10,12H2,1H3,(H,25,27). The number of amides is 2. The summed E-state index contributed by atoms with van der Waals surface area (Å²) in [6.45, 7) is 0.237. The molecule has 1 N–H and O–H groups in total. The van der Waals surface area contributed by atoms with Crippen LogP contribution in [0.2, 0.25) is 5.02 Å². The normalized spacial score (nSPS) is 12.6. The van der Waals surface area contributed by atoms with Crippen LogP contribution < -0.4 is 15.0 Å². The van der Waals surface area contributed by atoms with E-state index in [-0.39, 0.29) is 24.8 Å². The van der Waals surface area contributed by atoms with Gasteiger partial charge in [0.25, 0.3) is 5.91 Å². The SMILES string of the molecule is COc1ccc(NC(=O)CCN2C(=O)c3cccnc3Sc3ccccc32)cc1Cl. The van der Waals surface area contributed by atoms with Gasteiger partial charge in [-0.05, 0) is 42.5 Å². The number of hydrogen-bond donors (Lipinski definition) is 1. The van der Waals surface area contributed by atoms with Crippen molar-refractivity contribution in [2.75, 3.05) is 23.9 Å². The minimum Gasteiger partial charge on any atom is -0.495 e. The van der Waals surface area contributed by atoms with Gasteiger partial charge in [-0.15, -0.1) is 0 Å². The fourth-order valence-corrected chi connectivity index (χ4v) is 4.44. The Morgan fingerprint density at radius 1 is 1.20 bits per heavy atom. The molecule has 2 amide bonds. The van der Waals surface area contributed by atoms with Crippen LogP contribution in [-0.4, -0.2) is 30.5 Å². The molecule has 2 aromatic carbocycles. The summed E-state index contributed by atoms with van der Waals surface area (Å²) >= 11 is 7.57. The van der Waals surface area contributed by atoms with E-state index in [0.717, 1.165) is 10.6 Å². The maximum absolute atomic E-state index is 13.2. The molecule has 8 heteroatoms. The second-order valence-corrected chi connectivity index (χ2v) is 7.97. The molecule has 0 radical (unpaired) electrons. The van der Waals surface area contributed by atoms with Crippen molar-refractivity contribution in [3.05, 3.63) is 71.4 Å². The quantitative estimate of drug-likeness (QED) is 0.613. The molecule has 1 aliphatic rings. The number of ether oxygens (including phenoxy) is 1. The third kappa shape index (κ3) is 4.13. The van der Waals surface area contributed by atoms with E-state index >= 15 is 0 Å². The molecule has 0 saturated heterocycles. The van der Waals surface area contributed by atoms with E-state index < -0.39 is 0 Å². The second-order valence-electron chi connectivity index (χ2n) is 6.53. The van der Waals surface area contributed by atoms with E-state index in [1.165, 1.54) is 18.9 Å². The summed E-state index contributed by atoms with van der Waals surface area (Å²) in [6.07, 6.45) is 1.80. The molecular weight excluding hydrogens is 422 g/mol. The van der Waals surface area contributed by atoms with E-state index in [0.29, 0.717) is 27.0 Å². The Bertz CT molecular complexity index is 1120. The smallest absolute Gasteiger partial charge is 0.261 e. The van der Waals surface area contributed by atoms with Crippen molar-refractivity contribution in [3.8, 4) is 5.75 Å². The predicted molar refractivity (Wildman–Crippen MR) is 118 cm³/mol. The van der Waals surface area contributed by atoms with Crippen molar-refractivity contribution in [2.45, 2.75) is 16.3 Å². The summed E-state index contributed by atoms with van der Waals surface area (Å²) in [5.41, 5.74) is 1.87. The highest BCUT2D eigenvalue weighted by Gasteiger charge is 2.28. The molecule has 0 spiro atoms. The van der Waals surface area contributed by atoms with Gasteiger partial charge in [0.05, 0.1) is 23.4 Å². The van der Waals surface area contributed by atoms with Crippen LogP contribution in [0.3, 0.4) is 0 Å². The van der Waals surface area contributed by atoms with Crippen molar-refractivity contribution in [3.63, 3.8) is 0 Å². The van der Waals surface area contributed by atoms with Crippen LogP contribution in [0.25, 0.3) is 0 Å². The Kier molecular flexibility index (Phi) is 5.92.